The lowest BCUT2D eigenvalue weighted by Crippen LogP contribution is -2.30. The molecule has 0 unspecified atom stereocenters. The van der Waals surface area contributed by atoms with Gasteiger partial charge < -0.3 is 10.6 Å². The van der Waals surface area contributed by atoms with Crippen LogP contribution in [0.3, 0.4) is 0 Å². The van der Waals surface area contributed by atoms with E-state index in [4.69, 9.17) is 0 Å². The van der Waals surface area contributed by atoms with Gasteiger partial charge in [0.2, 0.25) is 5.91 Å². The second-order valence-corrected chi connectivity index (χ2v) is 5.38. The number of rotatable bonds is 5. The number of amides is 1. The number of para-hydroxylation sites is 1. The molecule has 0 aromatic heterocycles. The third kappa shape index (κ3) is 4.43. The molecule has 1 atom stereocenters. The van der Waals surface area contributed by atoms with Gasteiger partial charge >= 0.3 is 0 Å². The number of nitrogens with one attached hydrogen (secondary N) is 2. The normalized spacial score (nSPS) is 12.0. The molecule has 2 aromatic carbocycles. The highest BCUT2D eigenvalue weighted by Crippen LogP contribution is 2.14. The molecule has 1 amide bonds. The van der Waals surface area contributed by atoms with Crippen molar-refractivity contribution in [2.24, 2.45) is 0 Å². The highest BCUT2D eigenvalue weighted by molar-refractivity contribution is 5.92. The van der Waals surface area contributed by atoms with Crippen LogP contribution in [0.4, 0.5) is 5.69 Å². The van der Waals surface area contributed by atoms with Crippen LogP contribution in [-0.2, 0) is 4.79 Å². The van der Waals surface area contributed by atoms with E-state index in [9.17, 15) is 4.79 Å². The summed E-state index contributed by atoms with van der Waals surface area (Å²) < 4.78 is 0. The number of benzene rings is 2. The quantitative estimate of drug-likeness (QED) is 0.880. The van der Waals surface area contributed by atoms with Gasteiger partial charge in [0.1, 0.15) is 0 Å². The Bertz CT molecular complexity index is 622. The Hall–Kier alpha value is -2.13. The van der Waals surface area contributed by atoms with E-state index in [0.717, 1.165) is 11.3 Å². The summed E-state index contributed by atoms with van der Waals surface area (Å²) in [7, 11) is 0. The standard InChI is InChI=1S/C18H22N2O/c1-13-7-6-9-16(11-13)15(3)19-12-18(21)20-17-10-5-4-8-14(17)2/h4-11,15,19H,12H2,1-3H3,(H,20,21)/t15-/m1/s1. The summed E-state index contributed by atoms with van der Waals surface area (Å²) in [5.74, 6) is -0.0243. The van der Waals surface area contributed by atoms with E-state index in [0.29, 0.717) is 6.54 Å². The second kappa shape index (κ2) is 7.04. The lowest BCUT2D eigenvalue weighted by molar-refractivity contribution is -0.115. The van der Waals surface area contributed by atoms with E-state index in [2.05, 4.69) is 42.7 Å². The van der Waals surface area contributed by atoms with Crippen LogP contribution in [0.1, 0.15) is 29.7 Å². The van der Waals surface area contributed by atoms with Crippen LogP contribution in [0.2, 0.25) is 0 Å². The number of hydrogen-bond donors (Lipinski definition) is 2. The Morgan fingerprint density at radius 2 is 1.86 bits per heavy atom. The first-order valence-electron chi connectivity index (χ1n) is 7.21. The van der Waals surface area contributed by atoms with Crippen molar-refractivity contribution in [3.8, 4) is 0 Å². The molecule has 0 aliphatic carbocycles. The molecule has 0 saturated heterocycles. The van der Waals surface area contributed by atoms with E-state index in [-0.39, 0.29) is 11.9 Å². The molecular formula is C18H22N2O. The molecular weight excluding hydrogens is 260 g/mol. The summed E-state index contributed by atoms with van der Waals surface area (Å²) in [4.78, 5) is 12.0. The maximum atomic E-state index is 12.0. The number of carbonyl (C=O) groups excluding carboxylic acids is 1. The van der Waals surface area contributed by atoms with Crippen molar-refractivity contribution in [2.45, 2.75) is 26.8 Å². The van der Waals surface area contributed by atoms with Crippen molar-refractivity contribution in [1.82, 2.24) is 5.32 Å². The Balaban J connectivity index is 1.88. The molecule has 0 bridgehead atoms. The zero-order chi connectivity index (χ0) is 15.2. The van der Waals surface area contributed by atoms with Crippen LogP contribution in [0.15, 0.2) is 48.5 Å². The van der Waals surface area contributed by atoms with Gasteiger partial charge in [0.25, 0.3) is 0 Å². The fraction of sp³-hybridized carbons (Fsp3) is 0.278. The van der Waals surface area contributed by atoms with Gasteiger partial charge in [-0.3, -0.25) is 4.79 Å². The van der Waals surface area contributed by atoms with Gasteiger partial charge in [-0.2, -0.15) is 0 Å². The SMILES string of the molecule is Cc1cccc([C@@H](C)NCC(=O)Nc2ccccc2C)c1. The summed E-state index contributed by atoms with van der Waals surface area (Å²) in [6.07, 6.45) is 0. The summed E-state index contributed by atoms with van der Waals surface area (Å²) in [5, 5.41) is 6.18. The minimum Gasteiger partial charge on any atom is -0.325 e. The number of hydrogen-bond acceptors (Lipinski definition) is 2. The second-order valence-electron chi connectivity index (χ2n) is 5.38. The first kappa shape index (κ1) is 15.3. The van der Waals surface area contributed by atoms with Gasteiger partial charge in [0.05, 0.1) is 6.54 Å². The number of anilines is 1. The highest BCUT2D eigenvalue weighted by atomic mass is 16.1. The summed E-state index contributed by atoms with van der Waals surface area (Å²) in [6.45, 7) is 6.42. The van der Waals surface area contributed by atoms with Crippen LogP contribution in [0.25, 0.3) is 0 Å². The topological polar surface area (TPSA) is 41.1 Å². The molecule has 0 aliphatic rings. The van der Waals surface area contributed by atoms with Crippen LogP contribution >= 0.6 is 0 Å². The summed E-state index contributed by atoms with van der Waals surface area (Å²) in [6, 6.07) is 16.2. The lowest BCUT2D eigenvalue weighted by atomic mass is 10.1. The maximum Gasteiger partial charge on any atom is 0.238 e. The van der Waals surface area contributed by atoms with Crippen molar-refractivity contribution in [2.75, 3.05) is 11.9 Å². The molecule has 2 rings (SSSR count). The van der Waals surface area contributed by atoms with Gasteiger partial charge in [-0.1, -0.05) is 48.0 Å². The van der Waals surface area contributed by atoms with Gasteiger partial charge in [0.15, 0.2) is 0 Å². The monoisotopic (exact) mass is 282 g/mol. The molecule has 0 heterocycles. The predicted molar refractivity (Wildman–Crippen MR) is 87.4 cm³/mol. The molecule has 0 aliphatic heterocycles. The Kier molecular flexibility index (Phi) is 5.12. The Morgan fingerprint density at radius 1 is 1.10 bits per heavy atom. The minimum atomic E-state index is -0.0243. The fourth-order valence-corrected chi connectivity index (χ4v) is 2.21. The molecule has 3 nitrogen and oxygen atoms in total. The highest BCUT2D eigenvalue weighted by Gasteiger charge is 2.08. The van der Waals surface area contributed by atoms with Crippen LogP contribution < -0.4 is 10.6 Å². The van der Waals surface area contributed by atoms with Crippen molar-refractivity contribution in [3.05, 3.63) is 65.2 Å². The smallest absolute Gasteiger partial charge is 0.238 e. The lowest BCUT2D eigenvalue weighted by Gasteiger charge is -2.15. The molecule has 2 N–H and O–H groups in total. The fourth-order valence-electron chi connectivity index (χ4n) is 2.21. The Labute approximate surface area is 126 Å². The van der Waals surface area contributed by atoms with Crippen LogP contribution in [0, 0.1) is 13.8 Å². The number of aryl methyl sites for hydroxylation is 2. The largest absolute Gasteiger partial charge is 0.325 e. The predicted octanol–water partition coefficient (Wildman–Crippen LogP) is 3.59. The van der Waals surface area contributed by atoms with E-state index < -0.39 is 0 Å². The van der Waals surface area contributed by atoms with Gasteiger partial charge in [-0.05, 0) is 38.0 Å². The van der Waals surface area contributed by atoms with Gasteiger partial charge in [-0.25, -0.2) is 0 Å². The average molecular weight is 282 g/mol. The van der Waals surface area contributed by atoms with E-state index in [1.807, 2.05) is 37.3 Å². The molecule has 21 heavy (non-hydrogen) atoms. The summed E-state index contributed by atoms with van der Waals surface area (Å²) >= 11 is 0. The van der Waals surface area contributed by atoms with E-state index >= 15 is 0 Å². The van der Waals surface area contributed by atoms with E-state index in [1.165, 1.54) is 11.1 Å². The van der Waals surface area contributed by atoms with Crippen molar-refractivity contribution in [1.29, 1.82) is 0 Å². The number of carbonyl (C=O) groups is 1. The average Bonchev–Trinajstić information content (AvgIpc) is 2.47. The van der Waals surface area contributed by atoms with Crippen LogP contribution in [0.5, 0.6) is 0 Å². The first-order valence-corrected chi connectivity index (χ1v) is 7.21. The van der Waals surface area contributed by atoms with Gasteiger partial charge in [-0.15, -0.1) is 0 Å². The molecule has 110 valence electrons. The van der Waals surface area contributed by atoms with Crippen LogP contribution in [-0.4, -0.2) is 12.5 Å². The Morgan fingerprint density at radius 3 is 2.57 bits per heavy atom. The van der Waals surface area contributed by atoms with Gasteiger partial charge in [0, 0.05) is 11.7 Å². The zero-order valence-electron chi connectivity index (χ0n) is 12.8. The molecule has 0 fully saturated rings. The zero-order valence-corrected chi connectivity index (χ0v) is 12.8. The van der Waals surface area contributed by atoms with Crippen molar-refractivity contribution >= 4 is 11.6 Å². The molecule has 2 aromatic rings. The van der Waals surface area contributed by atoms with Crippen molar-refractivity contribution in [3.63, 3.8) is 0 Å². The molecule has 0 radical (unpaired) electrons. The van der Waals surface area contributed by atoms with Crippen molar-refractivity contribution < 1.29 is 4.79 Å². The van der Waals surface area contributed by atoms with E-state index in [1.54, 1.807) is 0 Å². The third-order valence-electron chi connectivity index (χ3n) is 3.53. The summed E-state index contributed by atoms with van der Waals surface area (Å²) in [5.41, 5.74) is 4.36. The maximum absolute atomic E-state index is 12.0. The molecule has 0 saturated carbocycles. The molecule has 0 spiro atoms. The third-order valence-corrected chi connectivity index (χ3v) is 3.53. The first-order chi connectivity index (χ1) is 10.1. The minimum absolute atomic E-state index is 0.0243. The molecule has 3 heteroatoms.